The number of methoxy groups -OCH3 is 2. The van der Waals surface area contributed by atoms with Gasteiger partial charge in [0.1, 0.15) is 5.75 Å². The van der Waals surface area contributed by atoms with Crippen LogP contribution in [0.3, 0.4) is 0 Å². The van der Waals surface area contributed by atoms with Crippen LogP contribution in [0.5, 0.6) is 5.75 Å². The quantitative estimate of drug-likeness (QED) is 0.755. The highest BCUT2D eigenvalue weighted by Gasteiger charge is 2.10. The van der Waals surface area contributed by atoms with Crippen LogP contribution in [-0.4, -0.2) is 38.3 Å². The number of nitrogens with two attached hydrogens (primary N) is 1. The lowest BCUT2D eigenvalue weighted by Gasteiger charge is -2.26. The largest absolute Gasteiger partial charge is 0.495 e. The zero-order valence-electron chi connectivity index (χ0n) is 11.8. The Morgan fingerprint density at radius 1 is 1.28 bits per heavy atom. The molecule has 0 amide bonds. The first-order valence-corrected chi connectivity index (χ1v) is 6.23. The summed E-state index contributed by atoms with van der Waals surface area (Å²) in [5.74, 6) is 0.728. The van der Waals surface area contributed by atoms with Crippen LogP contribution >= 0.6 is 0 Å². The molecule has 0 aromatic heterocycles. The third kappa shape index (κ3) is 4.20. The number of hydrogen-bond acceptors (Lipinski definition) is 4. The molecule has 0 saturated carbocycles. The van der Waals surface area contributed by atoms with Crippen molar-refractivity contribution < 1.29 is 9.47 Å². The van der Waals surface area contributed by atoms with E-state index in [9.17, 15) is 0 Å². The van der Waals surface area contributed by atoms with E-state index in [1.807, 2.05) is 12.1 Å². The van der Waals surface area contributed by atoms with Gasteiger partial charge in [-0.25, -0.2) is 0 Å². The zero-order valence-corrected chi connectivity index (χ0v) is 11.8. The van der Waals surface area contributed by atoms with E-state index in [4.69, 9.17) is 15.2 Å². The van der Waals surface area contributed by atoms with Gasteiger partial charge in [-0.1, -0.05) is 6.07 Å². The molecule has 0 saturated heterocycles. The van der Waals surface area contributed by atoms with Gasteiger partial charge in [-0.15, -0.1) is 0 Å². The Hall–Kier alpha value is -1.26. The van der Waals surface area contributed by atoms with E-state index in [1.54, 1.807) is 14.2 Å². The minimum atomic E-state index is 0.475. The molecule has 102 valence electrons. The van der Waals surface area contributed by atoms with Crippen molar-refractivity contribution in [1.29, 1.82) is 0 Å². The average Bonchev–Trinajstić information content (AvgIpc) is 2.34. The summed E-state index contributed by atoms with van der Waals surface area (Å²) in [4.78, 5) is 2.35. The lowest BCUT2D eigenvalue weighted by molar-refractivity contribution is 0.125. The van der Waals surface area contributed by atoms with E-state index in [-0.39, 0.29) is 0 Å². The van der Waals surface area contributed by atoms with Crippen LogP contribution in [0, 0.1) is 0 Å². The Bertz CT molecular complexity index is 367. The Kier molecular flexibility index (Phi) is 5.95. The molecule has 1 aromatic carbocycles. The van der Waals surface area contributed by atoms with Crippen LogP contribution in [-0.2, 0) is 11.3 Å². The van der Waals surface area contributed by atoms with Crippen molar-refractivity contribution in [2.45, 2.75) is 26.4 Å². The van der Waals surface area contributed by atoms with Crippen molar-refractivity contribution in [2.24, 2.45) is 0 Å². The molecule has 0 fully saturated rings. The second kappa shape index (κ2) is 7.24. The van der Waals surface area contributed by atoms with E-state index in [2.05, 4.69) is 24.8 Å². The number of benzene rings is 1. The number of anilines is 1. The first-order valence-electron chi connectivity index (χ1n) is 6.23. The molecule has 1 aromatic rings. The summed E-state index contributed by atoms with van der Waals surface area (Å²) < 4.78 is 10.3. The molecule has 1 rings (SSSR count). The third-order valence-corrected chi connectivity index (χ3v) is 2.99. The van der Waals surface area contributed by atoms with Gasteiger partial charge in [0.05, 0.1) is 19.4 Å². The summed E-state index contributed by atoms with van der Waals surface area (Å²) in [6, 6.07) is 6.42. The summed E-state index contributed by atoms with van der Waals surface area (Å²) in [5.41, 5.74) is 7.79. The van der Waals surface area contributed by atoms with Crippen LogP contribution in [0.15, 0.2) is 18.2 Å². The fourth-order valence-electron chi connectivity index (χ4n) is 1.85. The van der Waals surface area contributed by atoms with Gasteiger partial charge >= 0.3 is 0 Å². The second-order valence-corrected chi connectivity index (χ2v) is 4.63. The first kappa shape index (κ1) is 14.8. The molecule has 4 nitrogen and oxygen atoms in total. The number of rotatable bonds is 7. The van der Waals surface area contributed by atoms with Crippen LogP contribution < -0.4 is 10.5 Å². The lowest BCUT2D eigenvalue weighted by atomic mass is 10.1. The SMILES string of the molecule is COCCN(Cc1ccc(OC)c(N)c1)C(C)C. The predicted molar refractivity (Wildman–Crippen MR) is 74.8 cm³/mol. The number of hydrogen-bond donors (Lipinski definition) is 1. The van der Waals surface area contributed by atoms with E-state index in [0.29, 0.717) is 11.7 Å². The first-order chi connectivity index (χ1) is 8.58. The maximum Gasteiger partial charge on any atom is 0.141 e. The van der Waals surface area contributed by atoms with Crippen LogP contribution in [0.1, 0.15) is 19.4 Å². The monoisotopic (exact) mass is 252 g/mol. The normalized spacial score (nSPS) is 11.2. The molecule has 0 aliphatic heterocycles. The van der Waals surface area contributed by atoms with E-state index in [1.165, 1.54) is 5.56 Å². The van der Waals surface area contributed by atoms with Gasteiger partial charge in [-0.2, -0.15) is 0 Å². The number of ether oxygens (including phenoxy) is 2. The number of nitrogens with zero attached hydrogens (tertiary/aromatic N) is 1. The smallest absolute Gasteiger partial charge is 0.141 e. The lowest BCUT2D eigenvalue weighted by Crippen LogP contribution is -2.33. The van der Waals surface area contributed by atoms with Crippen molar-refractivity contribution in [3.05, 3.63) is 23.8 Å². The molecule has 0 spiro atoms. The molecule has 0 atom stereocenters. The molecule has 0 aliphatic carbocycles. The van der Waals surface area contributed by atoms with Crippen molar-refractivity contribution in [3.63, 3.8) is 0 Å². The maximum absolute atomic E-state index is 5.92. The van der Waals surface area contributed by atoms with E-state index in [0.717, 1.165) is 25.4 Å². The van der Waals surface area contributed by atoms with Crippen LogP contribution in [0.2, 0.25) is 0 Å². The fourth-order valence-corrected chi connectivity index (χ4v) is 1.85. The summed E-state index contributed by atoms with van der Waals surface area (Å²) in [7, 11) is 3.36. The highest BCUT2D eigenvalue weighted by Crippen LogP contribution is 2.22. The highest BCUT2D eigenvalue weighted by molar-refractivity contribution is 5.54. The van der Waals surface area contributed by atoms with Gasteiger partial charge in [0.15, 0.2) is 0 Å². The van der Waals surface area contributed by atoms with Crippen molar-refractivity contribution in [1.82, 2.24) is 4.90 Å². The molecule has 4 heteroatoms. The van der Waals surface area contributed by atoms with Gasteiger partial charge in [0.25, 0.3) is 0 Å². The Labute approximate surface area is 110 Å². The Morgan fingerprint density at radius 3 is 2.50 bits per heavy atom. The Balaban J connectivity index is 2.71. The van der Waals surface area contributed by atoms with Gasteiger partial charge < -0.3 is 15.2 Å². The van der Waals surface area contributed by atoms with Crippen molar-refractivity contribution in [2.75, 3.05) is 33.1 Å². The molecule has 0 heterocycles. The number of nitrogen functional groups attached to an aromatic ring is 1. The molecular weight excluding hydrogens is 228 g/mol. The van der Waals surface area contributed by atoms with E-state index >= 15 is 0 Å². The average molecular weight is 252 g/mol. The van der Waals surface area contributed by atoms with Gasteiger partial charge in [-0.05, 0) is 31.5 Å². The summed E-state index contributed by atoms with van der Waals surface area (Å²) in [6.45, 7) is 6.89. The Morgan fingerprint density at radius 2 is 2.00 bits per heavy atom. The molecular formula is C14H24N2O2. The standard InChI is InChI=1S/C14H24N2O2/c1-11(2)16(7-8-17-3)10-12-5-6-14(18-4)13(15)9-12/h5-6,9,11H,7-8,10,15H2,1-4H3. The minimum Gasteiger partial charge on any atom is -0.495 e. The van der Waals surface area contributed by atoms with Crippen molar-refractivity contribution >= 4 is 5.69 Å². The van der Waals surface area contributed by atoms with E-state index < -0.39 is 0 Å². The third-order valence-electron chi connectivity index (χ3n) is 2.99. The van der Waals surface area contributed by atoms with Gasteiger partial charge in [0, 0.05) is 26.2 Å². The van der Waals surface area contributed by atoms with Gasteiger partial charge in [0.2, 0.25) is 0 Å². The molecule has 0 unspecified atom stereocenters. The van der Waals surface area contributed by atoms with Crippen molar-refractivity contribution in [3.8, 4) is 5.75 Å². The zero-order chi connectivity index (χ0) is 13.5. The molecule has 2 N–H and O–H groups in total. The topological polar surface area (TPSA) is 47.7 Å². The van der Waals surface area contributed by atoms with Crippen LogP contribution in [0.25, 0.3) is 0 Å². The molecule has 0 radical (unpaired) electrons. The highest BCUT2D eigenvalue weighted by atomic mass is 16.5. The molecule has 18 heavy (non-hydrogen) atoms. The minimum absolute atomic E-state index is 0.475. The fraction of sp³-hybridized carbons (Fsp3) is 0.571. The van der Waals surface area contributed by atoms with Gasteiger partial charge in [-0.3, -0.25) is 4.90 Å². The molecule has 0 aliphatic rings. The molecule has 0 bridgehead atoms. The summed E-state index contributed by atoms with van der Waals surface area (Å²) >= 11 is 0. The predicted octanol–water partition coefficient (Wildman–Crippen LogP) is 2.13. The van der Waals surface area contributed by atoms with Crippen LogP contribution in [0.4, 0.5) is 5.69 Å². The second-order valence-electron chi connectivity index (χ2n) is 4.63. The summed E-state index contributed by atoms with van der Waals surface area (Å²) in [6.07, 6.45) is 0. The summed E-state index contributed by atoms with van der Waals surface area (Å²) in [5, 5.41) is 0. The maximum atomic E-state index is 5.92.